The van der Waals surface area contributed by atoms with E-state index >= 15 is 0 Å². The van der Waals surface area contributed by atoms with Crippen LogP contribution in [0.2, 0.25) is 0 Å². The number of amides is 1. The van der Waals surface area contributed by atoms with Gasteiger partial charge in [0, 0.05) is 12.8 Å². The van der Waals surface area contributed by atoms with E-state index in [-0.39, 0.29) is 12.0 Å². The molecule has 1 unspecified atom stereocenters. The molecule has 1 N–H and O–H groups in total. The third-order valence-corrected chi connectivity index (χ3v) is 2.50. The summed E-state index contributed by atoms with van der Waals surface area (Å²) < 4.78 is 7.29. The number of carbonyl (C=O) groups excluding carboxylic acids is 1. The van der Waals surface area contributed by atoms with Crippen LogP contribution < -0.4 is 5.32 Å². The van der Waals surface area contributed by atoms with Crippen molar-refractivity contribution < 1.29 is 9.53 Å². The number of aromatic nitrogens is 2. The average molecular weight is 221 g/mol. The highest BCUT2D eigenvalue weighted by Crippen LogP contribution is 2.14. The van der Waals surface area contributed by atoms with E-state index < -0.39 is 0 Å². The Morgan fingerprint density at radius 2 is 2.69 bits per heavy atom. The summed E-state index contributed by atoms with van der Waals surface area (Å²) >= 11 is 0. The molecule has 5 nitrogen and oxygen atoms in total. The molecule has 2 heterocycles. The van der Waals surface area contributed by atoms with Crippen molar-refractivity contribution in [3.8, 4) is 0 Å². The number of hydrogen-bond acceptors (Lipinski definition) is 3. The van der Waals surface area contributed by atoms with Gasteiger partial charge < -0.3 is 10.1 Å². The maximum atomic E-state index is 11.0. The number of hydrogen-bond donors (Lipinski definition) is 1. The second-order valence-corrected chi connectivity index (χ2v) is 3.78. The monoisotopic (exact) mass is 221 g/mol. The van der Waals surface area contributed by atoms with E-state index in [1.807, 2.05) is 0 Å². The summed E-state index contributed by atoms with van der Waals surface area (Å²) in [6.07, 6.45) is 7.10. The summed E-state index contributed by atoms with van der Waals surface area (Å²) in [6.45, 7) is 4.97. The van der Waals surface area contributed by atoms with Gasteiger partial charge >= 0.3 is 0 Å². The van der Waals surface area contributed by atoms with Crippen molar-refractivity contribution in [2.75, 3.05) is 11.9 Å². The van der Waals surface area contributed by atoms with Crippen molar-refractivity contribution in [3.05, 3.63) is 25.0 Å². The van der Waals surface area contributed by atoms with Crippen LogP contribution in [0.25, 0.3) is 0 Å². The lowest BCUT2D eigenvalue weighted by atomic mass is 10.2. The Morgan fingerprint density at radius 3 is 3.38 bits per heavy atom. The summed E-state index contributed by atoms with van der Waals surface area (Å²) in [4.78, 5) is 11.0. The van der Waals surface area contributed by atoms with Crippen LogP contribution in [0, 0.1) is 0 Å². The first-order valence-corrected chi connectivity index (χ1v) is 5.35. The van der Waals surface area contributed by atoms with Crippen molar-refractivity contribution >= 4 is 11.6 Å². The number of nitrogens with zero attached hydrogens (tertiary/aromatic N) is 2. The first-order valence-electron chi connectivity index (χ1n) is 5.35. The van der Waals surface area contributed by atoms with Crippen molar-refractivity contribution in [3.63, 3.8) is 0 Å². The average Bonchev–Trinajstić information content (AvgIpc) is 2.91. The lowest BCUT2D eigenvalue weighted by molar-refractivity contribution is -0.111. The SMILES string of the molecule is C=CC(=O)Nc1cnn(CC2CCCO2)c1. The van der Waals surface area contributed by atoms with E-state index in [1.54, 1.807) is 17.1 Å². The smallest absolute Gasteiger partial charge is 0.247 e. The number of ether oxygens (including phenoxy) is 1. The molecule has 1 aromatic heterocycles. The lowest BCUT2D eigenvalue weighted by Crippen LogP contribution is -2.15. The molecule has 0 spiro atoms. The Bertz CT molecular complexity index is 380. The number of rotatable bonds is 4. The second kappa shape index (κ2) is 4.94. The largest absolute Gasteiger partial charge is 0.376 e. The third-order valence-electron chi connectivity index (χ3n) is 2.50. The zero-order valence-electron chi connectivity index (χ0n) is 9.06. The standard InChI is InChI=1S/C11H15N3O2/c1-2-11(15)13-9-6-12-14(7-9)8-10-4-3-5-16-10/h2,6-7,10H,1,3-5,8H2,(H,13,15). The summed E-state index contributed by atoms with van der Waals surface area (Å²) in [5, 5.41) is 6.81. The van der Waals surface area contributed by atoms with Crippen LogP contribution in [0.15, 0.2) is 25.0 Å². The molecule has 0 saturated carbocycles. The predicted molar refractivity (Wildman–Crippen MR) is 60.0 cm³/mol. The number of carbonyl (C=O) groups is 1. The topological polar surface area (TPSA) is 56.2 Å². The van der Waals surface area contributed by atoms with Crippen LogP contribution in [0.4, 0.5) is 5.69 Å². The fourth-order valence-corrected chi connectivity index (χ4v) is 1.72. The summed E-state index contributed by atoms with van der Waals surface area (Å²) in [7, 11) is 0. The third kappa shape index (κ3) is 2.70. The van der Waals surface area contributed by atoms with Crippen LogP contribution in [0.1, 0.15) is 12.8 Å². The van der Waals surface area contributed by atoms with Crippen LogP contribution in [0.5, 0.6) is 0 Å². The molecule has 1 aliphatic heterocycles. The highest BCUT2D eigenvalue weighted by atomic mass is 16.5. The second-order valence-electron chi connectivity index (χ2n) is 3.78. The molecule has 5 heteroatoms. The molecule has 86 valence electrons. The maximum absolute atomic E-state index is 11.0. The molecule has 1 fully saturated rings. The fourth-order valence-electron chi connectivity index (χ4n) is 1.72. The molecule has 1 atom stereocenters. The lowest BCUT2D eigenvalue weighted by Gasteiger charge is -2.08. The van der Waals surface area contributed by atoms with Gasteiger partial charge in [0.25, 0.3) is 0 Å². The minimum atomic E-state index is -0.225. The molecule has 1 amide bonds. The van der Waals surface area contributed by atoms with Gasteiger partial charge in [-0.1, -0.05) is 6.58 Å². The van der Waals surface area contributed by atoms with Gasteiger partial charge in [-0.05, 0) is 18.9 Å². The number of nitrogens with one attached hydrogen (secondary N) is 1. The molecule has 1 aliphatic rings. The van der Waals surface area contributed by atoms with Crippen molar-refractivity contribution in [2.24, 2.45) is 0 Å². The van der Waals surface area contributed by atoms with Gasteiger partial charge in [-0.3, -0.25) is 9.48 Å². The molecule has 1 aromatic rings. The molecular formula is C11H15N3O2. The summed E-state index contributed by atoms with van der Waals surface area (Å²) in [6, 6.07) is 0. The zero-order chi connectivity index (χ0) is 11.4. The van der Waals surface area contributed by atoms with Crippen LogP contribution in [0.3, 0.4) is 0 Å². The molecule has 0 aromatic carbocycles. The highest BCUT2D eigenvalue weighted by molar-refractivity contribution is 5.98. The maximum Gasteiger partial charge on any atom is 0.247 e. The first-order chi connectivity index (χ1) is 7.78. The Labute approximate surface area is 94.1 Å². The quantitative estimate of drug-likeness (QED) is 0.777. The van der Waals surface area contributed by atoms with E-state index in [9.17, 15) is 4.79 Å². The van der Waals surface area contributed by atoms with E-state index in [1.165, 1.54) is 6.08 Å². The Balaban J connectivity index is 1.91. The van der Waals surface area contributed by atoms with Crippen molar-refractivity contribution in [1.29, 1.82) is 0 Å². The minimum absolute atomic E-state index is 0.225. The van der Waals surface area contributed by atoms with Crippen molar-refractivity contribution in [2.45, 2.75) is 25.5 Å². The molecule has 0 aliphatic carbocycles. The molecular weight excluding hydrogens is 206 g/mol. The van der Waals surface area contributed by atoms with Gasteiger partial charge in [0.1, 0.15) is 0 Å². The van der Waals surface area contributed by atoms with Crippen LogP contribution in [-0.2, 0) is 16.1 Å². The normalized spacial score (nSPS) is 19.6. The molecule has 0 bridgehead atoms. The molecule has 2 rings (SSSR count). The van der Waals surface area contributed by atoms with Gasteiger partial charge in [0.05, 0.1) is 24.5 Å². The molecule has 0 radical (unpaired) electrons. The van der Waals surface area contributed by atoms with Gasteiger partial charge in [-0.2, -0.15) is 5.10 Å². The minimum Gasteiger partial charge on any atom is -0.376 e. The summed E-state index contributed by atoms with van der Waals surface area (Å²) in [5.41, 5.74) is 0.683. The van der Waals surface area contributed by atoms with E-state index in [4.69, 9.17) is 4.74 Å². The number of anilines is 1. The molecule has 16 heavy (non-hydrogen) atoms. The Hall–Kier alpha value is -1.62. The van der Waals surface area contributed by atoms with E-state index in [0.717, 1.165) is 26.0 Å². The van der Waals surface area contributed by atoms with Crippen molar-refractivity contribution in [1.82, 2.24) is 9.78 Å². The summed E-state index contributed by atoms with van der Waals surface area (Å²) in [5.74, 6) is -0.225. The fraction of sp³-hybridized carbons (Fsp3) is 0.455. The first kappa shape index (κ1) is 10.9. The Morgan fingerprint density at radius 1 is 1.81 bits per heavy atom. The zero-order valence-corrected chi connectivity index (χ0v) is 9.06. The molecule has 1 saturated heterocycles. The van der Waals surface area contributed by atoms with Gasteiger partial charge in [0.2, 0.25) is 5.91 Å². The van der Waals surface area contributed by atoms with Crippen LogP contribution in [-0.4, -0.2) is 28.4 Å². The van der Waals surface area contributed by atoms with Gasteiger partial charge in [-0.25, -0.2) is 0 Å². The van der Waals surface area contributed by atoms with Crippen LogP contribution >= 0.6 is 0 Å². The van der Waals surface area contributed by atoms with E-state index in [2.05, 4.69) is 17.0 Å². The predicted octanol–water partition coefficient (Wildman–Crippen LogP) is 1.19. The Kier molecular flexibility index (Phi) is 3.36. The van der Waals surface area contributed by atoms with Gasteiger partial charge in [0.15, 0.2) is 0 Å². The van der Waals surface area contributed by atoms with E-state index in [0.29, 0.717) is 5.69 Å². The van der Waals surface area contributed by atoms with Gasteiger partial charge in [-0.15, -0.1) is 0 Å². The highest BCUT2D eigenvalue weighted by Gasteiger charge is 2.16.